The van der Waals surface area contributed by atoms with Crippen LogP contribution in [0.4, 0.5) is 10.5 Å². The van der Waals surface area contributed by atoms with Gasteiger partial charge in [-0.25, -0.2) is 4.79 Å². The van der Waals surface area contributed by atoms with Crippen molar-refractivity contribution in [3.63, 3.8) is 0 Å². The predicted molar refractivity (Wildman–Crippen MR) is 85.8 cm³/mol. The molecule has 0 bridgehead atoms. The van der Waals surface area contributed by atoms with Gasteiger partial charge >= 0.3 is 6.09 Å². The van der Waals surface area contributed by atoms with Gasteiger partial charge in [-0.15, -0.1) is 0 Å². The van der Waals surface area contributed by atoms with Crippen LogP contribution in [0.1, 0.15) is 17.9 Å². The number of nitrogens with one attached hydrogen (secondary N) is 1. The minimum atomic E-state index is -0.799. The molecular weight excluding hydrogens is 423 g/mol. The Hall–Kier alpha value is -0.500. The maximum atomic E-state index is 11.2. The summed E-state index contributed by atoms with van der Waals surface area (Å²) in [5.74, 6) is 0.738. The van der Waals surface area contributed by atoms with Crippen LogP contribution in [0.25, 0.3) is 0 Å². The van der Waals surface area contributed by atoms with Crippen molar-refractivity contribution in [3.05, 3.63) is 25.7 Å². The Kier molecular flexibility index (Phi) is 3.63. The lowest BCUT2D eigenvalue weighted by atomic mass is 9.87. The topological polar surface area (TPSA) is 52.6 Å². The second kappa shape index (κ2) is 5.12. The molecule has 2 aliphatic heterocycles. The van der Waals surface area contributed by atoms with Gasteiger partial charge in [0.05, 0.1) is 5.69 Å². The summed E-state index contributed by atoms with van der Waals surface area (Å²) in [6.45, 7) is 2.17. The molecule has 1 saturated heterocycles. The number of benzene rings is 1. The first-order valence-corrected chi connectivity index (χ1v) is 8.14. The summed E-state index contributed by atoms with van der Waals surface area (Å²) < 4.78 is 2.25. The number of likely N-dealkylation sites (tertiary alicyclic amines) is 1. The maximum absolute atomic E-state index is 11.2. The first kappa shape index (κ1) is 13.5. The molecule has 0 unspecified atom stereocenters. The Balaban J connectivity index is 2.03. The lowest BCUT2D eigenvalue weighted by Gasteiger charge is -2.18. The first-order valence-electron chi connectivity index (χ1n) is 6.27. The molecule has 4 nitrogen and oxygen atoms in total. The Morgan fingerprint density at radius 3 is 3.00 bits per heavy atom. The highest BCUT2D eigenvalue weighted by Crippen LogP contribution is 2.43. The van der Waals surface area contributed by atoms with Crippen molar-refractivity contribution >= 4 is 50.3 Å². The molecule has 1 amide bonds. The SMILES string of the molecule is O=C(O)N1C[C@@H]2CCNc3c(Br)cc(I)cc3[C@H]2C1. The van der Waals surface area contributed by atoms with Crippen LogP contribution in [0.2, 0.25) is 0 Å². The number of hydrogen-bond donors (Lipinski definition) is 2. The van der Waals surface area contributed by atoms with Crippen molar-refractivity contribution in [2.75, 3.05) is 25.0 Å². The van der Waals surface area contributed by atoms with Crippen LogP contribution < -0.4 is 5.32 Å². The van der Waals surface area contributed by atoms with Gasteiger partial charge in [0, 0.05) is 33.6 Å². The Morgan fingerprint density at radius 2 is 2.26 bits per heavy atom. The summed E-state index contributed by atoms with van der Waals surface area (Å²) in [6, 6.07) is 4.28. The minimum absolute atomic E-state index is 0.312. The summed E-state index contributed by atoms with van der Waals surface area (Å²) in [5, 5.41) is 12.7. The van der Waals surface area contributed by atoms with Crippen LogP contribution in [0, 0.1) is 9.49 Å². The average Bonchev–Trinajstić information content (AvgIpc) is 2.68. The fourth-order valence-corrected chi connectivity index (χ4v) is 4.82. The zero-order chi connectivity index (χ0) is 13.6. The molecule has 1 aromatic rings. The number of hydrogen-bond acceptors (Lipinski definition) is 2. The van der Waals surface area contributed by atoms with Gasteiger partial charge in [-0.3, -0.25) is 0 Å². The molecule has 1 aromatic carbocycles. The highest BCUT2D eigenvalue weighted by Gasteiger charge is 2.38. The lowest BCUT2D eigenvalue weighted by molar-refractivity contribution is 0.153. The zero-order valence-electron chi connectivity index (χ0n) is 10.2. The second-order valence-electron chi connectivity index (χ2n) is 5.12. The molecule has 2 heterocycles. The number of fused-ring (bicyclic) bond motifs is 3. The number of amides is 1. The summed E-state index contributed by atoms with van der Waals surface area (Å²) in [5.41, 5.74) is 2.39. The third kappa shape index (κ3) is 2.44. The molecule has 0 aromatic heterocycles. The number of rotatable bonds is 0. The summed E-state index contributed by atoms with van der Waals surface area (Å²) in [7, 11) is 0. The van der Waals surface area contributed by atoms with E-state index in [-0.39, 0.29) is 0 Å². The summed E-state index contributed by atoms with van der Waals surface area (Å²) >= 11 is 5.92. The van der Waals surface area contributed by atoms with E-state index in [0.717, 1.165) is 23.1 Å². The monoisotopic (exact) mass is 436 g/mol. The quantitative estimate of drug-likeness (QED) is 0.611. The molecule has 0 spiro atoms. The van der Waals surface area contributed by atoms with Gasteiger partial charge in [0.25, 0.3) is 0 Å². The van der Waals surface area contributed by atoms with E-state index in [1.165, 1.54) is 9.13 Å². The fourth-order valence-electron chi connectivity index (χ4n) is 3.13. The Labute approximate surface area is 133 Å². The molecule has 0 aliphatic carbocycles. The molecule has 0 radical (unpaired) electrons. The van der Waals surface area contributed by atoms with E-state index in [2.05, 4.69) is 56.0 Å². The van der Waals surface area contributed by atoms with Crippen molar-refractivity contribution in [2.45, 2.75) is 12.3 Å². The van der Waals surface area contributed by atoms with Crippen molar-refractivity contribution < 1.29 is 9.90 Å². The number of nitrogens with zero attached hydrogens (tertiary/aromatic N) is 1. The number of carbonyl (C=O) groups is 1. The lowest BCUT2D eigenvalue weighted by Crippen LogP contribution is -2.27. The molecule has 0 saturated carbocycles. The predicted octanol–water partition coefficient (Wildman–Crippen LogP) is 3.56. The number of carboxylic acid groups (broad SMARTS) is 1. The van der Waals surface area contributed by atoms with Gasteiger partial charge in [-0.1, -0.05) is 0 Å². The van der Waals surface area contributed by atoms with Gasteiger partial charge in [-0.2, -0.15) is 0 Å². The molecule has 2 N–H and O–H groups in total. The first-order chi connectivity index (χ1) is 9.06. The highest BCUT2D eigenvalue weighted by molar-refractivity contribution is 14.1. The molecule has 19 heavy (non-hydrogen) atoms. The van der Waals surface area contributed by atoms with Gasteiger partial charge in [0.15, 0.2) is 0 Å². The zero-order valence-corrected chi connectivity index (χ0v) is 13.9. The molecule has 6 heteroatoms. The normalized spacial score (nSPS) is 25.3. The van der Waals surface area contributed by atoms with E-state index in [0.29, 0.717) is 24.9 Å². The van der Waals surface area contributed by atoms with E-state index < -0.39 is 6.09 Å². The van der Waals surface area contributed by atoms with E-state index in [9.17, 15) is 9.90 Å². The highest BCUT2D eigenvalue weighted by atomic mass is 127. The average molecular weight is 437 g/mol. The summed E-state index contributed by atoms with van der Waals surface area (Å²) in [4.78, 5) is 12.7. The summed E-state index contributed by atoms with van der Waals surface area (Å²) in [6.07, 6.45) is 0.221. The molecule has 3 rings (SSSR count). The third-order valence-electron chi connectivity index (χ3n) is 4.01. The van der Waals surface area contributed by atoms with Crippen molar-refractivity contribution in [1.29, 1.82) is 0 Å². The Morgan fingerprint density at radius 1 is 1.47 bits per heavy atom. The van der Waals surface area contributed by atoms with Crippen LogP contribution in [0.3, 0.4) is 0 Å². The van der Waals surface area contributed by atoms with E-state index in [1.54, 1.807) is 4.90 Å². The minimum Gasteiger partial charge on any atom is -0.465 e. The fraction of sp³-hybridized carbons (Fsp3) is 0.462. The molecular formula is C13H14BrIN2O2. The molecule has 102 valence electrons. The van der Waals surface area contributed by atoms with Crippen LogP contribution in [0.15, 0.2) is 16.6 Å². The van der Waals surface area contributed by atoms with Gasteiger partial charge in [0.1, 0.15) is 0 Å². The van der Waals surface area contributed by atoms with E-state index in [1.807, 2.05) is 0 Å². The largest absolute Gasteiger partial charge is 0.465 e. The number of halogens is 2. The van der Waals surface area contributed by atoms with Crippen LogP contribution in [0.5, 0.6) is 0 Å². The molecule has 1 fully saturated rings. The Bertz CT molecular complexity index is 538. The van der Waals surface area contributed by atoms with E-state index >= 15 is 0 Å². The second-order valence-corrected chi connectivity index (χ2v) is 7.22. The standard InChI is InChI=1S/C13H14BrIN2O2/c14-11-4-8(15)3-9-10-6-17(13(18)19)5-7(10)1-2-16-12(9)11/h3-4,7,10,16H,1-2,5-6H2,(H,18,19)/t7-,10-/m0/s1. The van der Waals surface area contributed by atoms with Crippen LogP contribution >= 0.6 is 38.5 Å². The molecule has 2 atom stereocenters. The van der Waals surface area contributed by atoms with Crippen LogP contribution in [-0.2, 0) is 0 Å². The van der Waals surface area contributed by atoms with Crippen molar-refractivity contribution in [2.24, 2.45) is 5.92 Å². The smallest absolute Gasteiger partial charge is 0.407 e. The van der Waals surface area contributed by atoms with Crippen molar-refractivity contribution in [1.82, 2.24) is 4.90 Å². The maximum Gasteiger partial charge on any atom is 0.407 e. The van der Waals surface area contributed by atoms with Gasteiger partial charge in [0.2, 0.25) is 0 Å². The van der Waals surface area contributed by atoms with Gasteiger partial charge < -0.3 is 15.3 Å². The van der Waals surface area contributed by atoms with E-state index in [4.69, 9.17) is 0 Å². The third-order valence-corrected chi connectivity index (χ3v) is 5.26. The van der Waals surface area contributed by atoms with Crippen molar-refractivity contribution in [3.8, 4) is 0 Å². The van der Waals surface area contributed by atoms with Gasteiger partial charge in [-0.05, 0) is 68.6 Å². The number of anilines is 1. The van der Waals surface area contributed by atoms with Crippen LogP contribution in [-0.4, -0.2) is 35.7 Å². The molecule has 2 aliphatic rings.